The molecule has 0 spiro atoms. The zero-order valence-electron chi connectivity index (χ0n) is 11.1. The Kier molecular flexibility index (Phi) is 10.3. The highest BCUT2D eigenvalue weighted by molar-refractivity contribution is 5.72. The fraction of sp³-hybridized carbons (Fsp3) is 0.500. The summed E-state index contributed by atoms with van der Waals surface area (Å²) >= 11 is 0. The fourth-order valence-corrected chi connectivity index (χ4v) is 0.891. The van der Waals surface area contributed by atoms with Crippen molar-refractivity contribution in [2.75, 3.05) is 0 Å². The standard InChI is InChI=1S/C9H12.C3H6O.C2H6/c1-7-4-5-8(2)9(3)6-7;1-3(2)4;1-2/h4-6H,1-3H3;1-2H3;1-2H3. The summed E-state index contributed by atoms with van der Waals surface area (Å²) in [6, 6.07) is 6.50. The number of aryl methyl sites for hydroxylation is 3. The summed E-state index contributed by atoms with van der Waals surface area (Å²) in [5, 5.41) is 0. The summed E-state index contributed by atoms with van der Waals surface area (Å²) in [6.45, 7) is 13.4. The molecule has 0 aliphatic rings. The highest BCUT2D eigenvalue weighted by atomic mass is 16.1. The zero-order chi connectivity index (χ0) is 12.4. The van der Waals surface area contributed by atoms with Crippen molar-refractivity contribution in [1.29, 1.82) is 0 Å². The molecule has 1 aromatic carbocycles. The molecular formula is C14H24O. The van der Waals surface area contributed by atoms with Crippen LogP contribution in [-0.4, -0.2) is 5.78 Å². The smallest absolute Gasteiger partial charge is 0.126 e. The maximum atomic E-state index is 9.44. The number of rotatable bonds is 0. The van der Waals surface area contributed by atoms with E-state index in [0.717, 1.165) is 0 Å². The van der Waals surface area contributed by atoms with Gasteiger partial charge >= 0.3 is 0 Å². The van der Waals surface area contributed by atoms with Gasteiger partial charge in [0.1, 0.15) is 5.78 Å². The second kappa shape index (κ2) is 9.45. The van der Waals surface area contributed by atoms with Gasteiger partial charge in [-0.25, -0.2) is 0 Å². The fourth-order valence-electron chi connectivity index (χ4n) is 0.891. The molecule has 0 N–H and O–H groups in total. The minimum Gasteiger partial charge on any atom is -0.300 e. The molecule has 0 amide bonds. The molecule has 0 aliphatic carbocycles. The Bertz CT molecular complexity index is 283. The van der Waals surface area contributed by atoms with Gasteiger partial charge in [-0.15, -0.1) is 0 Å². The van der Waals surface area contributed by atoms with Crippen molar-refractivity contribution in [2.24, 2.45) is 0 Å². The third-order valence-electron chi connectivity index (χ3n) is 1.66. The number of benzene rings is 1. The number of hydrogen-bond donors (Lipinski definition) is 0. The lowest BCUT2D eigenvalue weighted by atomic mass is 10.1. The third-order valence-corrected chi connectivity index (χ3v) is 1.66. The molecule has 0 aliphatic heterocycles. The number of carbonyl (C=O) groups excluding carboxylic acids is 1. The Morgan fingerprint density at radius 3 is 1.60 bits per heavy atom. The Morgan fingerprint density at radius 1 is 0.933 bits per heavy atom. The van der Waals surface area contributed by atoms with E-state index in [-0.39, 0.29) is 5.78 Å². The summed E-state index contributed by atoms with van der Waals surface area (Å²) in [5.74, 6) is 0.167. The molecule has 0 fully saturated rings. The summed E-state index contributed by atoms with van der Waals surface area (Å²) in [7, 11) is 0. The maximum Gasteiger partial charge on any atom is 0.126 e. The van der Waals surface area contributed by atoms with Crippen LogP contribution in [0.5, 0.6) is 0 Å². The van der Waals surface area contributed by atoms with E-state index in [0.29, 0.717) is 0 Å². The van der Waals surface area contributed by atoms with Crippen molar-refractivity contribution in [3.8, 4) is 0 Å². The average molecular weight is 208 g/mol. The molecule has 0 radical (unpaired) electrons. The summed E-state index contributed by atoms with van der Waals surface area (Å²) in [5.41, 5.74) is 4.11. The normalized spacial score (nSPS) is 7.93. The van der Waals surface area contributed by atoms with Crippen LogP contribution in [0.25, 0.3) is 0 Å². The van der Waals surface area contributed by atoms with Gasteiger partial charge in [-0.1, -0.05) is 37.6 Å². The maximum absolute atomic E-state index is 9.44. The van der Waals surface area contributed by atoms with Crippen molar-refractivity contribution >= 4 is 5.78 Å². The SMILES string of the molecule is CC.CC(C)=O.Cc1ccc(C)c(C)c1. The molecule has 0 saturated heterocycles. The number of Topliss-reactive ketones (excluding diaryl/α,β-unsaturated/α-hetero) is 1. The van der Waals surface area contributed by atoms with Gasteiger partial charge in [0.15, 0.2) is 0 Å². The van der Waals surface area contributed by atoms with Gasteiger partial charge in [-0.05, 0) is 45.7 Å². The van der Waals surface area contributed by atoms with Gasteiger partial charge in [0.2, 0.25) is 0 Å². The predicted molar refractivity (Wildman–Crippen MR) is 68.4 cm³/mol. The van der Waals surface area contributed by atoms with Gasteiger partial charge in [-0.3, -0.25) is 0 Å². The molecule has 1 rings (SSSR count). The van der Waals surface area contributed by atoms with Crippen molar-refractivity contribution in [3.05, 3.63) is 34.9 Å². The summed E-state index contributed by atoms with van der Waals surface area (Å²) in [4.78, 5) is 9.44. The molecule has 1 heteroatoms. The molecule has 0 atom stereocenters. The van der Waals surface area contributed by atoms with Crippen LogP contribution >= 0.6 is 0 Å². The minimum atomic E-state index is 0.167. The zero-order valence-corrected chi connectivity index (χ0v) is 11.1. The second-order valence-corrected chi connectivity index (χ2v) is 3.50. The molecule has 0 aromatic heterocycles. The van der Waals surface area contributed by atoms with Gasteiger partial charge in [0, 0.05) is 0 Å². The first-order chi connectivity index (χ1) is 6.93. The second-order valence-electron chi connectivity index (χ2n) is 3.50. The lowest BCUT2D eigenvalue weighted by Crippen LogP contribution is -1.79. The first-order valence-electron chi connectivity index (χ1n) is 5.44. The van der Waals surface area contributed by atoms with Crippen LogP contribution in [0, 0.1) is 20.8 Å². The summed E-state index contributed by atoms with van der Waals surface area (Å²) < 4.78 is 0. The van der Waals surface area contributed by atoms with E-state index in [1.165, 1.54) is 30.5 Å². The van der Waals surface area contributed by atoms with E-state index in [2.05, 4.69) is 39.0 Å². The van der Waals surface area contributed by atoms with Crippen LogP contribution in [-0.2, 0) is 4.79 Å². The minimum absolute atomic E-state index is 0.167. The van der Waals surface area contributed by atoms with E-state index in [1.54, 1.807) is 0 Å². The molecule has 15 heavy (non-hydrogen) atoms. The van der Waals surface area contributed by atoms with Gasteiger partial charge < -0.3 is 4.79 Å². The predicted octanol–water partition coefficient (Wildman–Crippen LogP) is 4.23. The summed E-state index contributed by atoms with van der Waals surface area (Å²) in [6.07, 6.45) is 0. The van der Waals surface area contributed by atoms with Gasteiger partial charge in [0.25, 0.3) is 0 Å². The van der Waals surface area contributed by atoms with Crippen LogP contribution in [0.2, 0.25) is 0 Å². The first-order valence-corrected chi connectivity index (χ1v) is 5.44. The molecule has 0 unspecified atom stereocenters. The van der Waals surface area contributed by atoms with E-state index >= 15 is 0 Å². The Labute approximate surface area is 94.5 Å². The van der Waals surface area contributed by atoms with Crippen LogP contribution in [0.15, 0.2) is 18.2 Å². The average Bonchev–Trinajstić information content (AvgIpc) is 2.14. The van der Waals surface area contributed by atoms with Crippen LogP contribution in [0.3, 0.4) is 0 Å². The molecule has 86 valence electrons. The Morgan fingerprint density at radius 2 is 1.33 bits per heavy atom. The topological polar surface area (TPSA) is 17.1 Å². The molecular weight excluding hydrogens is 184 g/mol. The molecule has 0 bridgehead atoms. The van der Waals surface area contributed by atoms with Gasteiger partial charge in [-0.2, -0.15) is 0 Å². The van der Waals surface area contributed by atoms with Crippen LogP contribution in [0.4, 0.5) is 0 Å². The monoisotopic (exact) mass is 208 g/mol. The third kappa shape index (κ3) is 10.8. The van der Waals surface area contributed by atoms with Crippen molar-refractivity contribution in [1.82, 2.24) is 0 Å². The largest absolute Gasteiger partial charge is 0.300 e. The lowest BCUT2D eigenvalue weighted by Gasteiger charge is -1.98. The van der Waals surface area contributed by atoms with Gasteiger partial charge in [0.05, 0.1) is 0 Å². The van der Waals surface area contributed by atoms with E-state index in [1.807, 2.05) is 13.8 Å². The number of hydrogen-bond acceptors (Lipinski definition) is 1. The highest BCUT2D eigenvalue weighted by Crippen LogP contribution is 2.07. The molecule has 1 nitrogen and oxygen atoms in total. The highest BCUT2D eigenvalue weighted by Gasteiger charge is 1.89. The first kappa shape index (κ1) is 16.3. The van der Waals surface area contributed by atoms with Crippen molar-refractivity contribution < 1.29 is 4.79 Å². The lowest BCUT2D eigenvalue weighted by molar-refractivity contribution is -0.114. The van der Waals surface area contributed by atoms with E-state index < -0.39 is 0 Å². The molecule has 0 heterocycles. The quantitative estimate of drug-likeness (QED) is 0.623. The van der Waals surface area contributed by atoms with Crippen LogP contribution < -0.4 is 0 Å². The Balaban J connectivity index is 0. The van der Waals surface area contributed by atoms with Crippen molar-refractivity contribution in [2.45, 2.75) is 48.5 Å². The Hall–Kier alpha value is -1.11. The van der Waals surface area contributed by atoms with E-state index in [4.69, 9.17) is 0 Å². The molecule has 0 saturated carbocycles. The van der Waals surface area contributed by atoms with E-state index in [9.17, 15) is 4.79 Å². The molecule has 1 aromatic rings. The van der Waals surface area contributed by atoms with Crippen LogP contribution in [0.1, 0.15) is 44.4 Å². The number of carbonyl (C=O) groups is 1. The number of ketones is 1. The van der Waals surface area contributed by atoms with Crippen molar-refractivity contribution in [3.63, 3.8) is 0 Å².